The van der Waals surface area contributed by atoms with Gasteiger partial charge < -0.3 is 9.84 Å². The fourth-order valence-electron chi connectivity index (χ4n) is 2.54. The maximum absolute atomic E-state index is 13.4. The molecule has 0 aliphatic carbocycles. The standard InChI is InChI=1S/C14H14F3N3O/c15-14(16,17)13(6-7-18-9-13)12-19-11(20-21-12)8-10-4-2-1-3-5-10/h1-5,18H,6-9H2. The van der Waals surface area contributed by atoms with Gasteiger partial charge >= 0.3 is 6.18 Å². The molecule has 1 aliphatic rings. The summed E-state index contributed by atoms with van der Waals surface area (Å²) in [7, 11) is 0. The quantitative estimate of drug-likeness (QED) is 0.945. The Morgan fingerprint density at radius 2 is 2.00 bits per heavy atom. The number of rotatable bonds is 3. The van der Waals surface area contributed by atoms with Crippen LogP contribution >= 0.6 is 0 Å². The van der Waals surface area contributed by atoms with Crippen molar-refractivity contribution in [3.05, 3.63) is 47.6 Å². The first-order valence-corrected chi connectivity index (χ1v) is 6.66. The Bertz CT molecular complexity index is 603. The van der Waals surface area contributed by atoms with E-state index in [0.29, 0.717) is 6.42 Å². The number of benzene rings is 1. The highest BCUT2D eigenvalue weighted by molar-refractivity contribution is 5.20. The number of nitrogens with one attached hydrogen (secondary N) is 1. The number of halogens is 3. The van der Waals surface area contributed by atoms with Gasteiger partial charge in [-0.05, 0) is 18.5 Å². The Balaban J connectivity index is 1.87. The summed E-state index contributed by atoms with van der Waals surface area (Å²) in [4.78, 5) is 3.99. The summed E-state index contributed by atoms with van der Waals surface area (Å²) >= 11 is 0. The van der Waals surface area contributed by atoms with E-state index < -0.39 is 11.6 Å². The van der Waals surface area contributed by atoms with Gasteiger partial charge in [-0.1, -0.05) is 35.5 Å². The zero-order valence-electron chi connectivity index (χ0n) is 11.2. The predicted octanol–water partition coefficient (Wildman–Crippen LogP) is 2.45. The summed E-state index contributed by atoms with van der Waals surface area (Å²) in [5.74, 6) is -0.0716. The topological polar surface area (TPSA) is 51.0 Å². The lowest BCUT2D eigenvalue weighted by molar-refractivity contribution is -0.191. The molecule has 1 N–H and O–H groups in total. The second kappa shape index (κ2) is 5.14. The Kier molecular flexibility index (Phi) is 3.44. The minimum Gasteiger partial charge on any atom is -0.338 e. The van der Waals surface area contributed by atoms with E-state index in [4.69, 9.17) is 4.52 Å². The average Bonchev–Trinajstić information content (AvgIpc) is 3.08. The molecule has 0 bridgehead atoms. The second-order valence-electron chi connectivity index (χ2n) is 5.18. The highest BCUT2D eigenvalue weighted by atomic mass is 19.4. The van der Waals surface area contributed by atoms with E-state index in [1.54, 1.807) is 0 Å². The van der Waals surface area contributed by atoms with Crippen molar-refractivity contribution in [1.82, 2.24) is 15.5 Å². The van der Waals surface area contributed by atoms with E-state index in [-0.39, 0.29) is 31.2 Å². The van der Waals surface area contributed by atoms with Gasteiger partial charge in [-0.3, -0.25) is 0 Å². The summed E-state index contributed by atoms with van der Waals surface area (Å²) in [6, 6.07) is 9.32. The van der Waals surface area contributed by atoms with Gasteiger partial charge in [-0.2, -0.15) is 18.2 Å². The van der Waals surface area contributed by atoms with Crippen LogP contribution in [-0.2, 0) is 11.8 Å². The maximum atomic E-state index is 13.4. The Morgan fingerprint density at radius 1 is 1.24 bits per heavy atom. The third kappa shape index (κ3) is 2.53. The van der Waals surface area contributed by atoms with Crippen LogP contribution in [0.3, 0.4) is 0 Å². The largest absolute Gasteiger partial charge is 0.404 e. The molecule has 1 aliphatic heterocycles. The molecule has 1 unspecified atom stereocenters. The average molecular weight is 297 g/mol. The van der Waals surface area contributed by atoms with Crippen molar-refractivity contribution in [2.75, 3.05) is 13.1 Å². The summed E-state index contributed by atoms with van der Waals surface area (Å²) in [5, 5.41) is 6.43. The van der Waals surface area contributed by atoms with Crippen LogP contribution in [0.25, 0.3) is 0 Å². The molecule has 21 heavy (non-hydrogen) atoms. The Morgan fingerprint density at radius 3 is 2.62 bits per heavy atom. The summed E-state index contributed by atoms with van der Waals surface area (Å²) < 4.78 is 45.0. The summed E-state index contributed by atoms with van der Waals surface area (Å²) in [5.41, 5.74) is -1.13. The molecule has 0 amide bonds. The molecule has 7 heteroatoms. The highest BCUT2D eigenvalue weighted by Gasteiger charge is 2.61. The molecule has 1 fully saturated rings. The Labute approximate surface area is 119 Å². The molecule has 3 rings (SSSR count). The molecular formula is C14H14F3N3O. The lowest BCUT2D eigenvalue weighted by Crippen LogP contribution is -2.44. The van der Waals surface area contributed by atoms with Gasteiger partial charge in [-0.15, -0.1) is 0 Å². The molecular weight excluding hydrogens is 283 g/mol. The first-order chi connectivity index (χ1) is 10.0. The molecule has 112 valence electrons. The van der Waals surface area contributed by atoms with Gasteiger partial charge in [-0.25, -0.2) is 0 Å². The van der Waals surface area contributed by atoms with E-state index in [9.17, 15) is 13.2 Å². The van der Waals surface area contributed by atoms with Gasteiger partial charge in [0.25, 0.3) is 0 Å². The summed E-state index contributed by atoms with van der Waals surface area (Å²) in [6.45, 7) is 0.0688. The van der Waals surface area contributed by atoms with E-state index in [1.807, 2.05) is 30.3 Å². The van der Waals surface area contributed by atoms with Crippen LogP contribution in [0.4, 0.5) is 13.2 Å². The van der Waals surface area contributed by atoms with Crippen molar-refractivity contribution in [3.63, 3.8) is 0 Å². The zero-order chi connectivity index (χ0) is 14.9. The number of alkyl halides is 3. The molecule has 0 saturated carbocycles. The monoisotopic (exact) mass is 297 g/mol. The number of nitrogens with zero attached hydrogens (tertiary/aromatic N) is 2. The molecule has 1 aromatic carbocycles. The number of hydrogen-bond donors (Lipinski definition) is 1. The third-order valence-electron chi connectivity index (χ3n) is 3.78. The molecule has 1 aromatic heterocycles. The molecule has 1 saturated heterocycles. The smallest absolute Gasteiger partial charge is 0.338 e. The second-order valence-corrected chi connectivity index (χ2v) is 5.18. The fourth-order valence-corrected chi connectivity index (χ4v) is 2.54. The van der Waals surface area contributed by atoms with Crippen molar-refractivity contribution in [3.8, 4) is 0 Å². The van der Waals surface area contributed by atoms with Gasteiger partial charge in [0.1, 0.15) is 0 Å². The molecule has 0 spiro atoms. The highest BCUT2D eigenvalue weighted by Crippen LogP contribution is 2.44. The normalized spacial score (nSPS) is 22.6. The third-order valence-corrected chi connectivity index (χ3v) is 3.78. The lowest BCUT2D eigenvalue weighted by Gasteiger charge is -2.26. The van der Waals surface area contributed by atoms with Gasteiger partial charge in [0, 0.05) is 13.0 Å². The number of aromatic nitrogens is 2. The first kappa shape index (κ1) is 14.1. The fraction of sp³-hybridized carbons (Fsp3) is 0.429. The van der Waals surface area contributed by atoms with Crippen LogP contribution in [0.1, 0.15) is 23.7 Å². The van der Waals surface area contributed by atoms with Crippen LogP contribution < -0.4 is 5.32 Å². The molecule has 2 aromatic rings. The maximum Gasteiger partial charge on any atom is 0.404 e. The van der Waals surface area contributed by atoms with Crippen molar-refractivity contribution in [1.29, 1.82) is 0 Å². The summed E-state index contributed by atoms with van der Waals surface area (Å²) in [6.07, 6.45) is -4.14. The van der Waals surface area contributed by atoms with Crippen LogP contribution in [-0.4, -0.2) is 29.4 Å². The Hall–Kier alpha value is -1.89. The van der Waals surface area contributed by atoms with E-state index in [0.717, 1.165) is 5.56 Å². The van der Waals surface area contributed by atoms with Crippen molar-refractivity contribution < 1.29 is 17.7 Å². The van der Waals surface area contributed by atoms with Gasteiger partial charge in [0.2, 0.25) is 5.89 Å². The van der Waals surface area contributed by atoms with Crippen LogP contribution in [0, 0.1) is 0 Å². The van der Waals surface area contributed by atoms with Crippen molar-refractivity contribution >= 4 is 0 Å². The first-order valence-electron chi connectivity index (χ1n) is 6.66. The van der Waals surface area contributed by atoms with Gasteiger partial charge in [0.15, 0.2) is 11.2 Å². The molecule has 2 heterocycles. The van der Waals surface area contributed by atoms with E-state index in [2.05, 4.69) is 15.5 Å². The molecule has 0 radical (unpaired) electrons. The molecule has 4 nitrogen and oxygen atoms in total. The van der Waals surface area contributed by atoms with Gasteiger partial charge in [0.05, 0.1) is 0 Å². The minimum absolute atomic E-state index is 0.0799. The van der Waals surface area contributed by atoms with E-state index in [1.165, 1.54) is 0 Å². The van der Waals surface area contributed by atoms with Crippen LogP contribution in [0.15, 0.2) is 34.9 Å². The van der Waals surface area contributed by atoms with Crippen molar-refractivity contribution in [2.24, 2.45) is 0 Å². The molecule has 1 atom stereocenters. The SMILES string of the molecule is FC(F)(F)C1(c2nc(Cc3ccccc3)no2)CCNC1. The van der Waals surface area contributed by atoms with E-state index >= 15 is 0 Å². The van der Waals surface area contributed by atoms with Crippen LogP contribution in [0.5, 0.6) is 0 Å². The number of hydrogen-bond acceptors (Lipinski definition) is 4. The minimum atomic E-state index is -4.41. The predicted molar refractivity (Wildman–Crippen MR) is 68.8 cm³/mol. The zero-order valence-corrected chi connectivity index (χ0v) is 11.2. The van der Waals surface area contributed by atoms with Crippen LogP contribution in [0.2, 0.25) is 0 Å². The lowest BCUT2D eigenvalue weighted by atomic mass is 9.86. The van der Waals surface area contributed by atoms with Crippen molar-refractivity contribution in [2.45, 2.75) is 24.4 Å².